The number of rotatable bonds is 9. The highest BCUT2D eigenvalue weighted by atomic mass is 15.3. The molecule has 0 fully saturated rings. The predicted octanol–water partition coefficient (Wildman–Crippen LogP) is 3.29. The highest BCUT2D eigenvalue weighted by Crippen LogP contribution is 2.05. The van der Waals surface area contributed by atoms with Gasteiger partial charge >= 0.3 is 0 Å². The second-order valence-corrected chi connectivity index (χ2v) is 6.05. The molecule has 0 amide bonds. The van der Waals surface area contributed by atoms with Gasteiger partial charge in [-0.2, -0.15) is 5.10 Å². The molecule has 2 rings (SSSR count). The normalized spacial score (nSPS) is 11.4. The first-order valence-corrected chi connectivity index (χ1v) is 8.88. The molecule has 0 saturated heterocycles. The number of hydrogen-bond acceptors (Lipinski definition) is 2. The lowest BCUT2D eigenvalue weighted by Crippen LogP contribution is -2.39. The molecule has 5 heteroatoms. The molecule has 0 radical (unpaired) electrons. The molecule has 5 nitrogen and oxygen atoms in total. The van der Waals surface area contributed by atoms with E-state index in [0.717, 1.165) is 44.0 Å². The topological polar surface area (TPSA) is 45.5 Å². The first-order valence-electron chi connectivity index (χ1n) is 8.88. The second-order valence-electron chi connectivity index (χ2n) is 6.05. The zero-order valence-electron chi connectivity index (χ0n) is 15.4. The second kappa shape index (κ2) is 10.3. The number of benzene rings is 1. The standard InChI is InChI=1S/C20H29N5/c1-4-6-10-13-24(3)20(21-5-2)22-14-19-15-23-25(17-19)16-18-11-8-7-9-12-18/h4,7-9,11-12,15,17H,1,5-6,10,13-14,16H2,2-3H3,(H,21,22). The SMILES string of the molecule is C=CCCCN(C)C(=NCc1cnn(Cc2ccccc2)c1)NCC. The van der Waals surface area contributed by atoms with Crippen molar-refractivity contribution in [1.82, 2.24) is 20.0 Å². The summed E-state index contributed by atoms with van der Waals surface area (Å²) in [4.78, 5) is 6.90. The van der Waals surface area contributed by atoms with E-state index in [1.807, 2.05) is 23.0 Å². The number of allylic oxidation sites excluding steroid dienone is 1. The average Bonchev–Trinajstić information content (AvgIpc) is 3.07. The molecule has 0 saturated carbocycles. The molecule has 0 aliphatic carbocycles. The van der Waals surface area contributed by atoms with E-state index in [2.05, 4.69) is 66.3 Å². The molecular formula is C20H29N5. The molecule has 1 N–H and O–H groups in total. The Morgan fingerprint density at radius 1 is 1.32 bits per heavy atom. The van der Waals surface area contributed by atoms with Crippen LogP contribution in [0.15, 0.2) is 60.4 Å². The van der Waals surface area contributed by atoms with E-state index in [9.17, 15) is 0 Å². The van der Waals surface area contributed by atoms with Crippen molar-refractivity contribution in [2.24, 2.45) is 4.99 Å². The van der Waals surface area contributed by atoms with Gasteiger partial charge in [0.2, 0.25) is 0 Å². The number of nitrogens with zero attached hydrogens (tertiary/aromatic N) is 4. The van der Waals surface area contributed by atoms with Crippen molar-refractivity contribution in [2.45, 2.75) is 32.9 Å². The third-order valence-corrected chi connectivity index (χ3v) is 3.88. The van der Waals surface area contributed by atoms with Gasteiger partial charge in [-0.3, -0.25) is 4.68 Å². The number of hydrogen-bond donors (Lipinski definition) is 1. The van der Waals surface area contributed by atoms with Crippen LogP contribution in [0.4, 0.5) is 0 Å². The maximum absolute atomic E-state index is 4.74. The molecule has 1 aromatic heterocycles. The van der Waals surface area contributed by atoms with E-state index in [4.69, 9.17) is 4.99 Å². The van der Waals surface area contributed by atoms with Gasteiger partial charge in [-0.1, -0.05) is 36.4 Å². The van der Waals surface area contributed by atoms with Crippen LogP contribution in [0.25, 0.3) is 0 Å². The summed E-state index contributed by atoms with van der Waals surface area (Å²) in [5, 5.41) is 7.79. The van der Waals surface area contributed by atoms with Gasteiger partial charge in [-0.05, 0) is 25.3 Å². The van der Waals surface area contributed by atoms with Crippen molar-refractivity contribution >= 4 is 5.96 Å². The van der Waals surface area contributed by atoms with Crippen molar-refractivity contribution in [1.29, 1.82) is 0 Å². The van der Waals surface area contributed by atoms with Crippen LogP contribution in [0.2, 0.25) is 0 Å². The highest BCUT2D eigenvalue weighted by molar-refractivity contribution is 5.79. The third kappa shape index (κ3) is 6.45. The van der Waals surface area contributed by atoms with E-state index in [0.29, 0.717) is 6.54 Å². The molecule has 2 aromatic rings. The summed E-state index contributed by atoms with van der Waals surface area (Å²) in [6.07, 6.45) is 8.03. The Balaban J connectivity index is 1.94. The maximum Gasteiger partial charge on any atom is 0.193 e. The van der Waals surface area contributed by atoms with Gasteiger partial charge in [-0.25, -0.2) is 4.99 Å². The predicted molar refractivity (Wildman–Crippen MR) is 105 cm³/mol. The minimum atomic E-state index is 0.628. The summed E-state index contributed by atoms with van der Waals surface area (Å²) >= 11 is 0. The summed E-state index contributed by atoms with van der Waals surface area (Å²) in [5.74, 6) is 0.933. The largest absolute Gasteiger partial charge is 0.357 e. The fourth-order valence-electron chi connectivity index (χ4n) is 2.56. The fraction of sp³-hybridized carbons (Fsp3) is 0.400. The quantitative estimate of drug-likeness (QED) is 0.330. The molecule has 0 unspecified atom stereocenters. The molecule has 0 bridgehead atoms. The Morgan fingerprint density at radius 3 is 2.84 bits per heavy atom. The number of nitrogens with one attached hydrogen (secondary N) is 1. The zero-order chi connectivity index (χ0) is 17.9. The van der Waals surface area contributed by atoms with E-state index < -0.39 is 0 Å². The van der Waals surface area contributed by atoms with Crippen LogP contribution >= 0.6 is 0 Å². The van der Waals surface area contributed by atoms with Crippen LogP contribution in [0, 0.1) is 0 Å². The first kappa shape index (κ1) is 18.8. The smallest absolute Gasteiger partial charge is 0.193 e. The molecule has 134 valence electrons. The minimum absolute atomic E-state index is 0.628. The van der Waals surface area contributed by atoms with Crippen LogP contribution < -0.4 is 5.32 Å². The van der Waals surface area contributed by atoms with Crippen LogP contribution in [0.1, 0.15) is 30.9 Å². The van der Waals surface area contributed by atoms with Crippen molar-refractivity contribution in [3.63, 3.8) is 0 Å². The molecule has 25 heavy (non-hydrogen) atoms. The minimum Gasteiger partial charge on any atom is -0.357 e. The summed E-state index contributed by atoms with van der Waals surface area (Å²) in [5.41, 5.74) is 2.36. The Hall–Kier alpha value is -2.56. The van der Waals surface area contributed by atoms with E-state index in [1.54, 1.807) is 0 Å². The summed E-state index contributed by atoms with van der Waals surface area (Å²) in [6.45, 7) is 9.10. The van der Waals surface area contributed by atoms with Gasteiger partial charge in [0.05, 0.1) is 19.3 Å². The Kier molecular flexibility index (Phi) is 7.76. The fourth-order valence-corrected chi connectivity index (χ4v) is 2.56. The van der Waals surface area contributed by atoms with Gasteiger partial charge in [-0.15, -0.1) is 6.58 Å². The molecule has 1 heterocycles. The molecule has 0 aliphatic rings. The lowest BCUT2D eigenvalue weighted by Gasteiger charge is -2.21. The van der Waals surface area contributed by atoms with Gasteiger partial charge < -0.3 is 10.2 Å². The lowest BCUT2D eigenvalue weighted by atomic mass is 10.2. The number of guanidine groups is 1. The number of unbranched alkanes of at least 4 members (excludes halogenated alkanes) is 1. The van der Waals surface area contributed by atoms with Crippen LogP contribution in [-0.2, 0) is 13.1 Å². The molecular weight excluding hydrogens is 310 g/mol. The van der Waals surface area contributed by atoms with Crippen LogP contribution in [0.3, 0.4) is 0 Å². The van der Waals surface area contributed by atoms with Crippen LogP contribution in [-0.4, -0.2) is 40.8 Å². The van der Waals surface area contributed by atoms with Crippen LogP contribution in [0.5, 0.6) is 0 Å². The third-order valence-electron chi connectivity index (χ3n) is 3.88. The Bertz CT molecular complexity index is 660. The van der Waals surface area contributed by atoms with E-state index >= 15 is 0 Å². The van der Waals surface area contributed by atoms with Crippen molar-refractivity contribution in [3.8, 4) is 0 Å². The zero-order valence-corrected chi connectivity index (χ0v) is 15.4. The van der Waals surface area contributed by atoms with Crippen molar-refractivity contribution in [2.75, 3.05) is 20.1 Å². The molecule has 0 spiro atoms. The maximum atomic E-state index is 4.74. The molecule has 1 aromatic carbocycles. The van der Waals surface area contributed by atoms with Gasteiger partial charge in [0, 0.05) is 31.9 Å². The lowest BCUT2D eigenvalue weighted by molar-refractivity contribution is 0.470. The number of aliphatic imine (C=N–C) groups is 1. The first-order chi connectivity index (χ1) is 12.2. The van der Waals surface area contributed by atoms with Crippen molar-refractivity contribution in [3.05, 3.63) is 66.5 Å². The molecule has 0 aliphatic heterocycles. The highest BCUT2D eigenvalue weighted by Gasteiger charge is 2.05. The summed E-state index contributed by atoms with van der Waals surface area (Å²) in [7, 11) is 2.07. The monoisotopic (exact) mass is 339 g/mol. The number of aromatic nitrogens is 2. The van der Waals surface area contributed by atoms with Gasteiger partial charge in [0.1, 0.15) is 0 Å². The summed E-state index contributed by atoms with van der Waals surface area (Å²) in [6, 6.07) is 10.4. The van der Waals surface area contributed by atoms with E-state index in [1.165, 1.54) is 5.56 Å². The Labute approximate surface area is 151 Å². The van der Waals surface area contributed by atoms with Gasteiger partial charge in [0.25, 0.3) is 0 Å². The molecule has 0 atom stereocenters. The van der Waals surface area contributed by atoms with Gasteiger partial charge in [0.15, 0.2) is 5.96 Å². The van der Waals surface area contributed by atoms with Crippen molar-refractivity contribution < 1.29 is 0 Å². The summed E-state index contributed by atoms with van der Waals surface area (Å²) < 4.78 is 1.96. The average molecular weight is 339 g/mol. The van der Waals surface area contributed by atoms with E-state index in [-0.39, 0.29) is 0 Å². The Morgan fingerprint density at radius 2 is 2.12 bits per heavy atom.